The number of benzene rings is 1. The molecule has 0 spiro atoms. The Hall–Kier alpha value is -2.50. The summed E-state index contributed by atoms with van der Waals surface area (Å²) >= 11 is 0. The molecular formula is C12H11FN4O. The smallest absolute Gasteiger partial charge is 0.198 e. The minimum Gasteiger partial charge on any atom is -0.504 e. The zero-order valence-electron chi connectivity index (χ0n) is 9.69. The van der Waals surface area contributed by atoms with E-state index >= 15 is 0 Å². The van der Waals surface area contributed by atoms with Gasteiger partial charge in [0.15, 0.2) is 5.82 Å². The maximum atomic E-state index is 12.8. The van der Waals surface area contributed by atoms with Gasteiger partial charge in [-0.3, -0.25) is 0 Å². The van der Waals surface area contributed by atoms with Crippen molar-refractivity contribution in [3.05, 3.63) is 54.3 Å². The highest BCUT2D eigenvalue weighted by Crippen LogP contribution is 2.06. The van der Waals surface area contributed by atoms with E-state index in [2.05, 4.69) is 15.4 Å². The number of halogens is 1. The molecule has 0 aliphatic heterocycles. The summed E-state index contributed by atoms with van der Waals surface area (Å²) in [7, 11) is 1.56. The van der Waals surface area contributed by atoms with Crippen LogP contribution in [-0.4, -0.2) is 27.3 Å². The average molecular weight is 246 g/mol. The van der Waals surface area contributed by atoms with Crippen LogP contribution in [0.25, 0.3) is 11.8 Å². The van der Waals surface area contributed by atoms with Crippen LogP contribution >= 0.6 is 0 Å². The van der Waals surface area contributed by atoms with Gasteiger partial charge < -0.3 is 4.74 Å². The molecule has 1 aromatic heterocycles. The predicted molar refractivity (Wildman–Crippen MR) is 64.3 cm³/mol. The van der Waals surface area contributed by atoms with Crippen LogP contribution in [0.4, 0.5) is 4.39 Å². The van der Waals surface area contributed by atoms with Crippen LogP contribution in [-0.2, 0) is 4.74 Å². The highest BCUT2D eigenvalue weighted by atomic mass is 19.1. The van der Waals surface area contributed by atoms with Gasteiger partial charge >= 0.3 is 0 Å². The van der Waals surface area contributed by atoms with E-state index in [0.717, 1.165) is 0 Å². The van der Waals surface area contributed by atoms with Gasteiger partial charge in [0.2, 0.25) is 0 Å². The Balaban J connectivity index is 2.13. The molecule has 0 saturated carbocycles. The van der Waals surface area contributed by atoms with E-state index in [1.54, 1.807) is 37.5 Å². The van der Waals surface area contributed by atoms with Gasteiger partial charge in [0.05, 0.1) is 19.1 Å². The van der Waals surface area contributed by atoms with Crippen molar-refractivity contribution in [1.29, 1.82) is 0 Å². The molecule has 0 atom stereocenters. The Morgan fingerprint density at radius 2 is 2.00 bits per heavy atom. The summed E-state index contributed by atoms with van der Waals surface area (Å²) < 4.78 is 17.5. The van der Waals surface area contributed by atoms with Crippen LogP contribution in [0.5, 0.6) is 0 Å². The van der Waals surface area contributed by atoms with Crippen molar-refractivity contribution in [2.75, 3.05) is 7.11 Å². The van der Waals surface area contributed by atoms with Crippen molar-refractivity contribution < 1.29 is 9.13 Å². The van der Waals surface area contributed by atoms with Gasteiger partial charge in [0.1, 0.15) is 5.82 Å². The van der Waals surface area contributed by atoms with E-state index < -0.39 is 0 Å². The number of aromatic nitrogens is 4. The first kappa shape index (κ1) is 12.0. The van der Waals surface area contributed by atoms with Gasteiger partial charge in [-0.15, -0.1) is 15.0 Å². The van der Waals surface area contributed by atoms with Crippen LogP contribution in [0.15, 0.2) is 42.7 Å². The SMILES string of the molecule is COC=C/C=C\c1nnn(-c2ccc(F)cc2)n1. The van der Waals surface area contributed by atoms with Gasteiger partial charge in [0, 0.05) is 0 Å². The lowest BCUT2D eigenvalue weighted by Crippen LogP contribution is -1.98. The molecule has 0 N–H and O–H groups in total. The summed E-state index contributed by atoms with van der Waals surface area (Å²) in [6, 6.07) is 5.84. The van der Waals surface area contributed by atoms with Crippen LogP contribution in [0.1, 0.15) is 5.82 Å². The molecule has 92 valence electrons. The molecule has 0 amide bonds. The first-order valence-electron chi connectivity index (χ1n) is 5.21. The zero-order valence-corrected chi connectivity index (χ0v) is 9.69. The minimum absolute atomic E-state index is 0.302. The standard InChI is InChI=1S/C12H11FN4O/c1-18-9-3-2-4-12-14-16-17(15-12)11-7-5-10(13)6-8-11/h2-9H,1H3/b4-2-,9-3?. The third kappa shape index (κ3) is 3.00. The van der Waals surface area contributed by atoms with E-state index in [0.29, 0.717) is 11.5 Å². The Labute approximate surface area is 103 Å². The third-order valence-corrected chi connectivity index (χ3v) is 2.06. The molecule has 1 aromatic carbocycles. The van der Waals surface area contributed by atoms with Crippen molar-refractivity contribution >= 4 is 6.08 Å². The zero-order chi connectivity index (χ0) is 12.8. The van der Waals surface area contributed by atoms with Gasteiger partial charge in [-0.25, -0.2) is 4.39 Å². The summed E-state index contributed by atoms with van der Waals surface area (Å²) in [5.41, 5.74) is 0.649. The monoisotopic (exact) mass is 246 g/mol. The van der Waals surface area contributed by atoms with Crippen LogP contribution in [0, 0.1) is 5.82 Å². The highest BCUT2D eigenvalue weighted by Gasteiger charge is 2.01. The van der Waals surface area contributed by atoms with Crippen LogP contribution in [0.2, 0.25) is 0 Å². The molecule has 0 saturated heterocycles. The molecule has 0 radical (unpaired) electrons. The summed E-state index contributed by atoms with van der Waals surface area (Å²) in [4.78, 5) is 1.33. The number of allylic oxidation sites excluding steroid dienone is 2. The molecule has 0 bridgehead atoms. The largest absolute Gasteiger partial charge is 0.504 e. The first-order valence-corrected chi connectivity index (χ1v) is 5.21. The molecule has 6 heteroatoms. The van der Waals surface area contributed by atoms with E-state index in [4.69, 9.17) is 4.74 Å². The number of methoxy groups -OCH3 is 1. The lowest BCUT2D eigenvalue weighted by molar-refractivity contribution is 0.338. The highest BCUT2D eigenvalue weighted by molar-refractivity contribution is 5.41. The normalized spacial score (nSPS) is 11.4. The number of tetrazole rings is 1. The maximum Gasteiger partial charge on any atom is 0.198 e. The molecule has 0 aliphatic carbocycles. The van der Waals surface area contributed by atoms with E-state index in [1.807, 2.05) is 0 Å². The first-order chi connectivity index (χ1) is 8.79. The van der Waals surface area contributed by atoms with Gasteiger partial charge in [0.25, 0.3) is 0 Å². The minimum atomic E-state index is -0.302. The molecule has 2 aromatic rings. The lowest BCUT2D eigenvalue weighted by Gasteiger charge is -1.96. The Bertz CT molecular complexity index is 560. The molecule has 2 rings (SSSR count). The predicted octanol–water partition coefficient (Wildman–Crippen LogP) is 1.97. The molecule has 0 aliphatic rings. The van der Waals surface area contributed by atoms with Crippen LogP contribution < -0.4 is 0 Å². The molecule has 5 nitrogen and oxygen atoms in total. The van der Waals surface area contributed by atoms with Crippen molar-refractivity contribution in [2.24, 2.45) is 0 Å². The third-order valence-electron chi connectivity index (χ3n) is 2.06. The van der Waals surface area contributed by atoms with Crippen molar-refractivity contribution in [2.45, 2.75) is 0 Å². The summed E-state index contributed by atoms with van der Waals surface area (Å²) in [5.74, 6) is 0.156. The van der Waals surface area contributed by atoms with Gasteiger partial charge in [-0.05, 0) is 41.6 Å². The summed E-state index contributed by atoms with van der Waals surface area (Å²) in [5, 5.41) is 11.8. The number of nitrogens with zero attached hydrogens (tertiary/aromatic N) is 4. The van der Waals surface area contributed by atoms with Crippen molar-refractivity contribution in [1.82, 2.24) is 20.2 Å². The topological polar surface area (TPSA) is 52.8 Å². The lowest BCUT2D eigenvalue weighted by atomic mass is 10.3. The van der Waals surface area contributed by atoms with Crippen molar-refractivity contribution in [3.63, 3.8) is 0 Å². The second-order valence-electron chi connectivity index (χ2n) is 3.34. The quantitative estimate of drug-likeness (QED) is 0.611. The van der Waals surface area contributed by atoms with E-state index in [-0.39, 0.29) is 5.82 Å². The fourth-order valence-corrected chi connectivity index (χ4v) is 1.24. The summed E-state index contributed by atoms with van der Waals surface area (Å²) in [6.07, 6.45) is 6.65. The van der Waals surface area contributed by atoms with Gasteiger partial charge in [-0.2, -0.15) is 0 Å². The number of rotatable bonds is 4. The van der Waals surface area contributed by atoms with E-state index in [9.17, 15) is 4.39 Å². The molecule has 1 heterocycles. The fourth-order valence-electron chi connectivity index (χ4n) is 1.24. The average Bonchev–Trinajstić information content (AvgIpc) is 2.84. The fraction of sp³-hybridized carbons (Fsp3) is 0.0833. The number of hydrogen-bond donors (Lipinski definition) is 0. The second-order valence-corrected chi connectivity index (χ2v) is 3.34. The van der Waals surface area contributed by atoms with Gasteiger partial charge in [-0.1, -0.05) is 6.08 Å². The number of ether oxygens (including phenoxy) is 1. The Morgan fingerprint density at radius 3 is 2.72 bits per heavy atom. The van der Waals surface area contributed by atoms with Crippen molar-refractivity contribution in [3.8, 4) is 5.69 Å². The molecular weight excluding hydrogens is 235 g/mol. The van der Waals surface area contributed by atoms with E-state index in [1.165, 1.54) is 23.2 Å². The Kier molecular flexibility index (Phi) is 3.80. The maximum absolute atomic E-state index is 12.8. The summed E-state index contributed by atoms with van der Waals surface area (Å²) in [6.45, 7) is 0. The number of hydrogen-bond acceptors (Lipinski definition) is 4. The molecule has 18 heavy (non-hydrogen) atoms. The Morgan fingerprint density at radius 1 is 1.22 bits per heavy atom. The van der Waals surface area contributed by atoms with Crippen LogP contribution in [0.3, 0.4) is 0 Å². The second kappa shape index (κ2) is 5.72. The molecule has 0 fully saturated rings. The molecule has 0 unspecified atom stereocenters.